The van der Waals surface area contributed by atoms with Gasteiger partial charge in [-0.05, 0) is 24.1 Å². The van der Waals surface area contributed by atoms with E-state index in [9.17, 15) is 9.90 Å². The Balaban J connectivity index is 0.00000243. The van der Waals surface area contributed by atoms with Crippen LogP contribution in [0, 0.1) is 5.92 Å². The second kappa shape index (κ2) is 9.06. The molecule has 1 aromatic heterocycles. The Hall–Kier alpha value is -1.31. The number of aryl methyl sites for hydroxylation is 1. The fraction of sp³-hybridized carbons (Fsp3) is 0.412. The molecule has 0 spiro atoms. The monoisotopic (exact) mass is 419 g/mol. The molecule has 0 aliphatic carbocycles. The lowest BCUT2D eigenvalue weighted by molar-refractivity contribution is 0.0302. The van der Waals surface area contributed by atoms with Crippen molar-refractivity contribution in [1.29, 1.82) is 0 Å². The number of hydrogen-bond donors (Lipinski definition) is 2. The summed E-state index contributed by atoms with van der Waals surface area (Å²) in [6, 6.07) is 5.46. The van der Waals surface area contributed by atoms with Crippen molar-refractivity contribution in [2.24, 2.45) is 13.0 Å². The molecule has 6 nitrogen and oxygen atoms in total. The van der Waals surface area contributed by atoms with Crippen LogP contribution in [-0.2, 0) is 18.2 Å². The van der Waals surface area contributed by atoms with E-state index in [1.807, 2.05) is 12.1 Å². The van der Waals surface area contributed by atoms with Crippen LogP contribution in [0.4, 0.5) is 0 Å². The molecule has 2 N–H and O–H groups in total. The maximum absolute atomic E-state index is 11.4. The molecule has 9 heteroatoms. The number of halogens is 3. The Morgan fingerprint density at radius 2 is 2.19 bits per heavy atom. The summed E-state index contributed by atoms with van der Waals surface area (Å²) in [4.78, 5) is 11.4. The van der Waals surface area contributed by atoms with Crippen LogP contribution in [0.15, 0.2) is 24.4 Å². The SMILES string of the molecule is Cl.Cn1cc(C(=O)O)c(C[C@@H]2CNCCO[C@H]2c2ccc(Cl)c(Cl)c2)n1. The second-order valence-corrected chi connectivity index (χ2v) is 6.92. The number of benzene rings is 1. The first-order valence-electron chi connectivity index (χ1n) is 7.98. The summed E-state index contributed by atoms with van der Waals surface area (Å²) in [7, 11) is 1.72. The maximum atomic E-state index is 11.4. The Morgan fingerprint density at radius 1 is 1.42 bits per heavy atom. The summed E-state index contributed by atoms with van der Waals surface area (Å²) in [5, 5.41) is 18.0. The van der Waals surface area contributed by atoms with E-state index >= 15 is 0 Å². The highest BCUT2D eigenvalue weighted by molar-refractivity contribution is 6.42. The highest BCUT2D eigenvalue weighted by Gasteiger charge is 2.29. The molecule has 0 unspecified atom stereocenters. The van der Waals surface area contributed by atoms with Gasteiger partial charge in [-0.3, -0.25) is 4.68 Å². The van der Waals surface area contributed by atoms with Gasteiger partial charge < -0.3 is 15.2 Å². The van der Waals surface area contributed by atoms with E-state index in [4.69, 9.17) is 27.9 Å². The van der Waals surface area contributed by atoms with Gasteiger partial charge >= 0.3 is 5.97 Å². The molecule has 26 heavy (non-hydrogen) atoms. The zero-order valence-electron chi connectivity index (χ0n) is 14.1. The molecule has 0 amide bonds. The molecule has 3 rings (SSSR count). The number of aromatic nitrogens is 2. The van der Waals surface area contributed by atoms with E-state index in [1.54, 1.807) is 13.1 Å². The number of nitrogens with zero attached hydrogens (tertiary/aromatic N) is 2. The van der Waals surface area contributed by atoms with Gasteiger partial charge in [0, 0.05) is 32.3 Å². The summed E-state index contributed by atoms with van der Waals surface area (Å²) in [5.74, 6) is -0.954. The number of carboxylic acid groups (broad SMARTS) is 1. The highest BCUT2D eigenvalue weighted by Crippen LogP contribution is 2.33. The van der Waals surface area contributed by atoms with E-state index in [0.29, 0.717) is 35.3 Å². The quantitative estimate of drug-likeness (QED) is 0.793. The van der Waals surface area contributed by atoms with Gasteiger partial charge in [0.1, 0.15) is 5.56 Å². The third-order valence-electron chi connectivity index (χ3n) is 4.27. The largest absolute Gasteiger partial charge is 0.478 e. The first-order valence-corrected chi connectivity index (χ1v) is 8.74. The fourth-order valence-electron chi connectivity index (χ4n) is 3.14. The number of hydrogen-bond acceptors (Lipinski definition) is 4. The van der Waals surface area contributed by atoms with Crippen molar-refractivity contribution in [3.8, 4) is 0 Å². The molecular formula is C17H20Cl3N3O3. The number of aromatic carboxylic acids is 1. The van der Waals surface area contributed by atoms with Crippen LogP contribution in [0.25, 0.3) is 0 Å². The molecule has 1 aliphatic rings. The molecule has 0 radical (unpaired) electrons. The molecule has 1 aliphatic heterocycles. The molecule has 2 aromatic rings. The molecule has 2 atom stereocenters. The van der Waals surface area contributed by atoms with Gasteiger partial charge in [0.15, 0.2) is 0 Å². The van der Waals surface area contributed by atoms with Crippen LogP contribution in [0.5, 0.6) is 0 Å². The van der Waals surface area contributed by atoms with Gasteiger partial charge in [-0.25, -0.2) is 4.79 Å². The number of ether oxygens (including phenoxy) is 1. The lowest BCUT2D eigenvalue weighted by atomic mass is 9.90. The van der Waals surface area contributed by atoms with Crippen LogP contribution >= 0.6 is 35.6 Å². The Bertz CT molecular complexity index is 782. The minimum atomic E-state index is -0.975. The smallest absolute Gasteiger partial charge is 0.339 e. The highest BCUT2D eigenvalue weighted by atomic mass is 35.5. The van der Waals surface area contributed by atoms with Crippen molar-refractivity contribution in [3.63, 3.8) is 0 Å². The van der Waals surface area contributed by atoms with Crippen LogP contribution in [0.2, 0.25) is 10.0 Å². The minimum absolute atomic E-state index is 0. The summed E-state index contributed by atoms with van der Waals surface area (Å²) in [6.07, 6.45) is 1.80. The van der Waals surface area contributed by atoms with Crippen LogP contribution < -0.4 is 5.32 Å². The van der Waals surface area contributed by atoms with E-state index < -0.39 is 5.97 Å². The predicted molar refractivity (Wildman–Crippen MR) is 103 cm³/mol. The van der Waals surface area contributed by atoms with Crippen molar-refractivity contribution < 1.29 is 14.6 Å². The Morgan fingerprint density at radius 3 is 2.88 bits per heavy atom. The topological polar surface area (TPSA) is 76.4 Å². The molecule has 0 bridgehead atoms. The maximum Gasteiger partial charge on any atom is 0.339 e. The minimum Gasteiger partial charge on any atom is -0.478 e. The van der Waals surface area contributed by atoms with Crippen molar-refractivity contribution in [2.45, 2.75) is 12.5 Å². The number of carboxylic acids is 1. The van der Waals surface area contributed by atoms with E-state index in [1.165, 1.54) is 10.9 Å². The van der Waals surface area contributed by atoms with Gasteiger partial charge in [0.2, 0.25) is 0 Å². The normalized spacial score (nSPS) is 20.3. The molecule has 0 saturated carbocycles. The zero-order valence-corrected chi connectivity index (χ0v) is 16.4. The summed E-state index contributed by atoms with van der Waals surface area (Å²) >= 11 is 12.2. The molecule has 2 heterocycles. The van der Waals surface area contributed by atoms with Gasteiger partial charge in [-0.15, -0.1) is 12.4 Å². The number of nitrogens with one attached hydrogen (secondary N) is 1. The van der Waals surface area contributed by atoms with E-state index in [2.05, 4.69) is 10.4 Å². The summed E-state index contributed by atoms with van der Waals surface area (Å²) < 4.78 is 7.56. The van der Waals surface area contributed by atoms with E-state index in [-0.39, 0.29) is 30.0 Å². The molecular weight excluding hydrogens is 401 g/mol. The van der Waals surface area contributed by atoms with Crippen molar-refractivity contribution in [1.82, 2.24) is 15.1 Å². The van der Waals surface area contributed by atoms with Gasteiger partial charge in [0.25, 0.3) is 0 Å². The van der Waals surface area contributed by atoms with Crippen LogP contribution in [0.3, 0.4) is 0 Å². The third-order valence-corrected chi connectivity index (χ3v) is 5.01. The number of rotatable bonds is 4. The fourth-order valence-corrected chi connectivity index (χ4v) is 3.44. The van der Waals surface area contributed by atoms with Gasteiger partial charge in [-0.2, -0.15) is 5.10 Å². The molecule has 1 aromatic carbocycles. The molecule has 142 valence electrons. The first kappa shape index (κ1) is 21.0. The molecule has 1 fully saturated rings. The zero-order chi connectivity index (χ0) is 18.0. The summed E-state index contributed by atoms with van der Waals surface area (Å²) in [5.41, 5.74) is 1.70. The molecule has 1 saturated heterocycles. The lowest BCUT2D eigenvalue weighted by Gasteiger charge is -2.25. The second-order valence-electron chi connectivity index (χ2n) is 6.10. The first-order chi connectivity index (χ1) is 12.0. The standard InChI is InChI=1S/C17H19Cl2N3O3.ClH/c1-22-9-12(17(23)24)15(21-22)7-11-8-20-4-5-25-16(11)10-2-3-13(18)14(19)6-10;/h2-3,6,9,11,16,20H,4-5,7-8H2,1H3,(H,23,24);1H/t11-,16+;/m1./s1. The average Bonchev–Trinajstić information content (AvgIpc) is 2.78. The van der Waals surface area contributed by atoms with E-state index in [0.717, 1.165) is 12.1 Å². The van der Waals surface area contributed by atoms with Gasteiger partial charge in [-0.1, -0.05) is 29.3 Å². The Labute approximate surface area is 167 Å². The summed E-state index contributed by atoms with van der Waals surface area (Å²) in [6.45, 7) is 2.00. The average molecular weight is 421 g/mol. The van der Waals surface area contributed by atoms with Crippen LogP contribution in [0.1, 0.15) is 27.7 Å². The van der Waals surface area contributed by atoms with Crippen LogP contribution in [-0.4, -0.2) is 40.6 Å². The third kappa shape index (κ3) is 4.69. The van der Waals surface area contributed by atoms with Crippen molar-refractivity contribution in [3.05, 3.63) is 51.3 Å². The lowest BCUT2D eigenvalue weighted by Crippen LogP contribution is -2.27. The van der Waals surface area contributed by atoms with Gasteiger partial charge in [0.05, 0.1) is 28.5 Å². The Kier molecular flexibility index (Phi) is 7.32. The number of carbonyl (C=O) groups is 1. The van der Waals surface area contributed by atoms with Crippen molar-refractivity contribution >= 4 is 41.6 Å². The predicted octanol–water partition coefficient (Wildman–Crippen LogP) is 3.37. The van der Waals surface area contributed by atoms with Crippen molar-refractivity contribution in [2.75, 3.05) is 19.7 Å².